The van der Waals surface area contributed by atoms with Crippen molar-refractivity contribution in [1.82, 2.24) is 15.1 Å². The lowest BCUT2D eigenvalue weighted by Crippen LogP contribution is -2.47. The van der Waals surface area contributed by atoms with Crippen molar-refractivity contribution in [3.63, 3.8) is 0 Å². The number of likely N-dealkylation sites (tertiary alicyclic amines) is 2. The van der Waals surface area contributed by atoms with Gasteiger partial charge in [-0.1, -0.05) is 12.8 Å². The van der Waals surface area contributed by atoms with Gasteiger partial charge in [0.25, 0.3) is 0 Å². The Morgan fingerprint density at radius 3 is 1.88 bits per heavy atom. The van der Waals surface area contributed by atoms with Crippen molar-refractivity contribution in [1.29, 1.82) is 0 Å². The fourth-order valence-electron chi connectivity index (χ4n) is 6.73. The van der Waals surface area contributed by atoms with Crippen LogP contribution in [0.4, 0.5) is 0 Å². The van der Waals surface area contributed by atoms with Crippen LogP contribution in [-0.2, 0) is 9.59 Å². The lowest BCUT2D eigenvalue weighted by atomic mass is 9.81. The van der Waals surface area contributed by atoms with Crippen LogP contribution in [-0.4, -0.2) is 60.9 Å². The molecule has 3 heterocycles. The lowest BCUT2D eigenvalue weighted by Gasteiger charge is -2.33. The van der Waals surface area contributed by atoms with Gasteiger partial charge in [0.05, 0.1) is 5.41 Å². The SMILES string of the molecule is O=C(CC1(C(=O)N2CC3CCCC3C2)CCNC1)N1CC2CCCC2C1. The molecular formula is C21H33N3O2. The molecule has 5 heteroatoms. The minimum atomic E-state index is -0.479. The highest BCUT2D eigenvalue weighted by Gasteiger charge is 2.50. The zero-order valence-electron chi connectivity index (χ0n) is 15.9. The van der Waals surface area contributed by atoms with Crippen LogP contribution in [0.25, 0.3) is 0 Å². The fraction of sp³-hybridized carbons (Fsp3) is 0.905. The van der Waals surface area contributed by atoms with Crippen LogP contribution in [0.1, 0.15) is 51.4 Å². The monoisotopic (exact) mass is 359 g/mol. The first-order valence-corrected chi connectivity index (χ1v) is 10.9. The minimum absolute atomic E-state index is 0.232. The highest BCUT2D eigenvalue weighted by Crippen LogP contribution is 2.42. The number of hydrogen-bond donors (Lipinski definition) is 1. The molecule has 3 saturated heterocycles. The summed E-state index contributed by atoms with van der Waals surface area (Å²) in [7, 11) is 0. The molecule has 5 fully saturated rings. The number of fused-ring (bicyclic) bond motifs is 2. The number of carbonyl (C=O) groups excluding carboxylic acids is 2. The molecule has 0 aromatic rings. The molecular weight excluding hydrogens is 326 g/mol. The first-order valence-electron chi connectivity index (χ1n) is 10.9. The normalized spacial score (nSPS) is 41.7. The van der Waals surface area contributed by atoms with Crippen molar-refractivity contribution in [3.05, 3.63) is 0 Å². The van der Waals surface area contributed by atoms with E-state index >= 15 is 0 Å². The summed E-state index contributed by atoms with van der Waals surface area (Å²) < 4.78 is 0. The third kappa shape index (κ3) is 2.78. The van der Waals surface area contributed by atoms with E-state index in [1.165, 1.54) is 38.5 Å². The first kappa shape index (κ1) is 17.0. The van der Waals surface area contributed by atoms with Gasteiger partial charge in [-0.3, -0.25) is 9.59 Å². The Labute approximate surface area is 156 Å². The summed E-state index contributed by atoms with van der Waals surface area (Å²) in [4.78, 5) is 30.7. The fourth-order valence-corrected chi connectivity index (χ4v) is 6.73. The number of carbonyl (C=O) groups is 2. The molecule has 0 aromatic heterocycles. The number of nitrogens with one attached hydrogen (secondary N) is 1. The zero-order valence-corrected chi connectivity index (χ0v) is 15.9. The van der Waals surface area contributed by atoms with Crippen molar-refractivity contribution in [2.45, 2.75) is 51.4 Å². The molecule has 2 saturated carbocycles. The lowest BCUT2D eigenvalue weighted by molar-refractivity contribution is -0.146. The van der Waals surface area contributed by atoms with Crippen molar-refractivity contribution in [3.8, 4) is 0 Å². The van der Waals surface area contributed by atoms with Gasteiger partial charge in [0, 0.05) is 39.1 Å². The number of rotatable bonds is 3. The van der Waals surface area contributed by atoms with Crippen LogP contribution >= 0.6 is 0 Å². The molecule has 26 heavy (non-hydrogen) atoms. The minimum Gasteiger partial charge on any atom is -0.342 e. The maximum absolute atomic E-state index is 13.5. The van der Waals surface area contributed by atoms with Crippen molar-refractivity contribution >= 4 is 11.8 Å². The number of amides is 2. The van der Waals surface area contributed by atoms with Crippen LogP contribution in [0, 0.1) is 29.1 Å². The molecule has 2 aliphatic carbocycles. The summed E-state index contributed by atoms with van der Waals surface area (Å²) in [5, 5.41) is 3.39. The Balaban J connectivity index is 1.27. The van der Waals surface area contributed by atoms with E-state index in [1.54, 1.807) is 0 Å². The van der Waals surface area contributed by atoms with E-state index in [9.17, 15) is 9.59 Å². The van der Waals surface area contributed by atoms with E-state index in [4.69, 9.17) is 0 Å². The van der Waals surface area contributed by atoms with E-state index in [1.807, 2.05) is 0 Å². The van der Waals surface area contributed by atoms with Crippen LogP contribution in [0.15, 0.2) is 0 Å². The van der Waals surface area contributed by atoms with Gasteiger partial charge in [0.2, 0.25) is 11.8 Å². The summed E-state index contributed by atoms with van der Waals surface area (Å²) in [6, 6.07) is 0. The molecule has 1 N–H and O–H groups in total. The molecule has 3 aliphatic heterocycles. The average molecular weight is 360 g/mol. The molecule has 5 nitrogen and oxygen atoms in total. The first-order chi connectivity index (χ1) is 12.6. The Bertz CT molecular complexity index is 562. The molecule has 0 spiro atoms. The van der Waals surface area contributed by atoms with Gasteiger partial charge in [0.15, 0.2) is 0 Å². The largest absolute Gasteiger partial charge is 0.342 e. The molecule has 2 amide bonds. The maximum Gasteiger partial charge on any atom is 0.230 e. The van der Waals surface area contributed by atoms with Gasteiger partial charge in [-0.05, 0) is 62.3 Å². The second-order valence-corrected chi connectivity index (χ2v) is 9.79. The highest BCUT2D eigenvalue weighted by atomic mass is 16.2. The third-order valence-corrected chi connectivity index (χ3v) is 8.28. The maximum atomic E-state index is 13.5. The van der Waals surface area contributed by atoms with Gasteiger partial charge in [0.1, 0.15) is 0 Å². The number of nitrogens with zero attached hydrogens (tertiary/aromatic N) is 2. The van der Waals surface area contributed by atoms with Crippen molar-refractivity contribution in [2.75, 3.05) is 39.3 Å². The van der Waals surface area contributed by atoms with E-state index < -0.39 is 5.41 Å². The molecule has 5 aliphatic rings. The molecule has 5 atom stereocenters. The molecule has 0 radical (unpaired) electrons. The van der Waals surface area contributed by atoms with Gasteiger partial charge in [-0.25, -0.2) is 0 Å². The van der Waals surface area contributed by atoms with E-state index in [-0.39, 0.29) is 11.8 Å². The summed E-state index contributed by atoms with van der Waals surface area (Å²) in [5.41, 5.74) is -0.479. The van der Waals surface area contributed by atoms with Crippen LogP contribution in [0.3, 0.4) is 0 Å². The average Bonchev–Trinajstić information content (AvgIpc) is 3.37. The molecule has 5 rings (SSSR count). The standard InChI is InChI=1S/C21H33N3O2/c25-19(23-10-15-3-1-4-16(15)11-23)9-21(7-8-22-14-21)20(26)24-12-17-5-2-6-18(17)13-24/h15-18,22H,1-14H2. The smallest absolute Gasteiger partial charge is 0.230 e. The molecule has 144 valence electrons. The van der Waals surface area contributed by atoms with Gasteiger partial charge in [-0.2, -0.15) is 0 Å². The summed E-state index contributed by atoms with van der Waals surface area (Å²) in [6.45, 7) is 5.31. The predicted molar refractivity (Wildman–Crippen MR) is 99.4 cm³/mol. The molecule has 5 unspecified atom stereocenters. The Morgan fingerprint density at radius 2 is 1.38 bits per heavy atom. The van der Waals surface area contributed by atoms with E-state index in [0.29, 0.717) is 13.0 Å². The van der Waals surface area contributed by atoms with E-state index in [0.717, 1.165) is 62.8 Å². The Morgan fingerprint density at radius 1 is 0.846 bits per heavy atom. The second kappa shape index (κ2) is 6.50. The summed E-state index contributed by atoms with van der Waals surface area (Å²) in [6.07, 6.45) is 9.06. The molecule has 0 aromatic carbocycles. The topological polar surface area (TPSA) is 52.7 Å². The molecule has 0 bridgehead atoms. The van der Waals surface area contributed by atoms with Gasteiger partial charge < -0.3 is 15.1 Å². The third-order valence-electron chi connectivity index (χ3n) is 8.28. The predicted octanol–water partition coefficient (Wildman–Crippen LogP) is 1.87. The summed E-state index contributed by atoms with van der Waals surface area (Å²) in [5.74, 6) is 3.40. The Hall–Kier alpha value is -1.10. The van der Waals surface area contributed by atoms with Gasteiger partial charge in [-0.15, -0.1) is 0 Å². The summed E-state index contributed by atoms with van der Waals surface area (Å²) >= 11 is 0. The van der Waals surface area contributed by atoms with Gasteiger partial charge >= 0.3 is 0 Å². The van der Waals surface area contributed by atoms with Crippen molar-refractivity contribution in [2.24, 2.45) is 29.1 Å². The van der Waals surface area contributed by atoms with E-state index in [2.05, 4.69) is 15.1 Å². The Kier molecular flexibility index (Phi) is 4.26. The van der Waals surface area contributed by atoms with Crippen molar-refractivity contribution < 1.29 is 9.59 Å². The zero-order chi connectivity index (χ0) is 17.7. The second-order valence-electron chi connectivity index (χ2n) is 9.79. The van der Waals surface area contributed by atoms with Crippen LogP contribution < -0.4 is 5.32 Å². The quantitative estimate of drug-likeness (QED) is 0.837. The van der Waals surface area contributed by atoms with Crippen LogP contribution in [0.5, 0.6) is 0 Å². The highest BCUT2D eigenvalue weighted by molar-refractivity contribution is 5.90. The van der Waals surface area contributed by atoms with Crippen LogP contribution in [0.2, 0.25) is 0 Å². The number of hydrogen-bond acceptors (Lipinski definition) is 3.